The number of thioether (sulfide) groups is 1. The number of benzene rings is 2. The number of nitrogens with one attached hydrogen (secondary N) is 1. The number of aromatic nitrogens is 3. The van der Waals surface area contributed by atoms with Crippen LogP contribution in [0, 0.1) is 10.1 Å². The summed E-state index contributed by atoms with van der Waals surface area (Å²) in [5, 5.41) is 16.9. The number of nitro groups is 1. The summed E-state index contributed by atoms with van der Waals surface area (Å²) in [5.74, 6) is -1.32. The van der Waals surface area contributed by atoms with Crippen LogP contribution in [0.15, 0.2) is 46.3 Å². The molecule has 0 aliphatic carbocycles. The number of nitro benzene ring substituents is 1. The molecule has 2 heterocycles. The summed E-state index contributed by atoms with van der Waals surface area (Å²) in [7, 11) is 1.33. The number of carbonyl (C=O) groups is 2. The first-order valence-corrected chi connectivity index (χ1v) is 12.6. The van der Waals surface area contributed by atoms with Gasteiger partial charge in [-0.1, -0.05) is 37.7 Å². The van der Waals surface area contributed by atoms with Crippen LogP contribution in [0.5, 0.6) is 11.5 Å². The second-order valence-electron chi connectivity index (χ2n) is 7.91. The zero-order valence-corrected chi connectivity index (χ0v) is 21.3. The van der Waals surface area contributed by atoms with Gasteiger partial charge < -0.3 is 9.47 Å². The van der Waals surface area contributed by atoms with E-state index < -0.39 is 28.3 Å². The molecule has 0 radical (unpaired) electrons. The maximum Gasteiger partial charge on any atom is 0.325 e. The minimum atomic E-state index is -1.21. The molecule has 192 valence electrons. The number of ether oxygens (including phenoxy) is 2. The molecule has 0 spiro atoms. The Morgan fingerprint density at radius 2 is 1.97 bits per heavy atom. The van der Waals surface area contributed by atoms with Crippen molar-refractivity contribution in [1.29, 1.82) is 0 Å². The first kappa shape index (κ1) is 25.8. The second-order valence-corrected chi connectivity index (χ2v) is 8.71. The zero-order chi connectivity index (χ0) is 26.9. The van der Waals surface area contributed by atoms with Crippen LogP contribution >= 0.6 is 11.8 Å². The Hall–Kier alpha value is -4.26. The number of nitrogens with zero attached hydrogens (tertiary/aromatic N) is 4. The average Bonchev–Trinajstić information content (AvgIpc) is 2.91. The fourth-order valence-corrected chi connectivity index (χ4v) is 4.50. The molecule has 0 bridgehead atoms. The fraction of sp³-hybridized carbons (Fsp3) is 0.292. The Balaban J connectivity index is 2.17. The number of para-hydroxylation sites is 1. The first-order chi connectivity index (χ1) is 17.7. The summed E-state index contributed by atoms with van der Waals surface area (Å²) in [6.07, 6.45) is 0.539. The molecule has 1 aromatic heterocycles. The van der Waals surface area contributed by atoms with Crippen LogP contribution in [0.1, 0.15) is 38.4 Å². The highest BCUT2D eigenvalue weighted by molar-refractivity contribution is 7.98. The third-order valence-corrected chi connectivity index (χ3v) is 6.38. The van der Waals surface area contributed by atoms with Gasteiger partial charge in [-0.2, -0.15) is 0 Å². The quantitative estimate of drug-likeness (QED) is 0.122. The highest BCUT2D eigenvalue weighted by Gasteiger charge is 2.48. The largest absolute Gasteiger partial charge is 0.496 e. The normalized spacial score (nSPS) is 13.9. The number of anilines is 1. The number of fused-ring (bicyclic) bond motifs is 3. The maximum atomic E-state index is 13.4. The zero-order valence-electron chi connectivity index (χ0n) is 20.5. The van der Waals surface area contributed by atoms with Crippen LogP contribution in [-0.2, 0) is 9.59 Å². The number of hydrogen-bond acceptors (Lipinski definition) is 9. The van der Waals surface area contributed by atoms with Gasteiger partial charge in [0, 0.05) is 17.9 Å². The summed E-state index contributed by atoms with van der Waals surface area (Å²) in [5.41, 5.74) is 0.0477. The van der Waals surface area contributed by atoms with Crippen molar-refractivity contribution in [3.63, 3.8) is 0 Å². The van der Waals surface area contributed by atoms with Gasteiger partial charge in [-0.3, -0.25) is 29.5 Å². The van der Waals surface area contributed by atoms with E-state index in [-0.39, 0.29) is 46.7 Å². The van der Waals surface area contributed by atoms with Gasteiger partial charge in [-0.15, -0.1) is 0 Å². The van der Waals surface area contributed by atoms with Crippen LogP contribution < -0.4 is 24.6 Å². The Morgan fingerprint density at radius 3 is 2.59 bits per heavy atom. The summed E-state index contributed by atoms with van der Waals surface area (Å²) < 4.78 is 12.1. The van der Waals surface area contributed by atoms with E-state index in [1.165, 1.54) is 34.5 Å². The van der Waals surface area contributed by atoms with Gasteiger partial charge >= 0.3 is 22.9 Å². The van der Waals surface area contributed by atoms with E-state index in [1.54, 1.807) is 44.4 Å². The number of hydrogen-bond donors (Lipinski definition) is 1. The van der Waals surface area contributed by atoms with E-state index in [4.69, 9.17) is 9.47 Å². The average molecular weight is 527 g/mol. The van der Waals surface area contributed by atoms with Crippen molar-refractivity contribution in [2.24, 2.45) is 0 Å². The minimum Gasteiger partial charge on any atom is -0.496 e. The van der Waals surface area contributed by atoms with Crippen LogP contribution in [0.2, 0.25) is 0 Å². The number of rotatable bonds is 7. The molecule has 1 atom stereocenters. The van der Waals surface area contributed by atoms with Gasteiger partial charge in [0.1, 0.15) is 5.75 Å². The van der Waals surface area contributed by atoms with E-state index in [0.29, 0.717) is 11.3 Å². The molecule has 37 heavy (non-hydrogen) atoms. The van der Waals surface area contributed by atoms with Crippen molar-refractivity contribution in [3.8, 4) is 22.8 Å². The van der Waals surface area contributed by atoms with Crippen molar-refractivity contribution in [2.45, 2.75) is 38.0 Å². The van der Waals surface area contributed by atoms with Crippen molar-refractivity contribution in [1.82, 2.24) is 10.1 Å². The second kappa shape index (κ2) is 10.4. The van der Waals surface area contributed by atoms with Gasteiger partial charge in [-0.25, -0.2) is 4.90 Å². The van der Waals surface area contributed by atoms with Crippen LogP contribution in [0.3, 0.4) is 0 Å². The monoisotopic (exact) mass is 526 g/mol. The van der Waals surface area contributed by atoms with Crippen molar-refractivity contribution >= 4 is 35.0 Å². The molecule has 1 aliphatic heterocycles. The number of esters is 1. The molecule has 1 aliphatic rings. The van der Waals surface area contributed by atoms with E-state index in [2.05, 4.69) is 10.1 Å². The van der Waals surface area contributed by atoms with Gasteiger partial charge in [0.2, 0.25) is 16.8 Å². The van der Waals surface area contributed by atoms with Crippen LogP contribution in [0.25, 0.3) is 11.3 Å². The lowest BCUT2D eigenvalue weighted by Gasteiger charge is -2.32. The topological polar surface area (TPSA) is 149 Å². The summed E-state index contributed by atoms with van der Waals surface area (Å²) in [6.45, 7) is 3.23. The number of amides is 1. The molecule has 0 saturated carbocycles. The Kier molecular flexibility index (Phi) is 7.25. The molecule has 1 amide bonds. The smallest absolute Gasteiger partial charge is 0.325 e. The highest BCUT2D eigenvalue weighted by Crippen LogP contribution is 2.44. The number of carbonyl (C=O) groups excluding carboxylic acids is 2. The molecule has 12 nitrogen and oxygen atoms in total. The molecule has 4 rings (SSSR count). The molecule has 13 heteroatoms. The molecule has 2 aromatic carbocycles. The maximum absolute atomic E-state index is 13.4. The number of methoxy groups -OCH3 is 1. The Morgan fingerprint density at radius 1 is 1.24 bits per heavy atom. The lowest BCUT2D eigenvalue weighted by molar-refractivity contribution is -0.763. The Bertz CT molecular complexity index is 1470. The lowest BCUT2D eigenvalue weighted by Crippen LogP contribution is -2.61. The summed E-state index contributed by atoms with van der Waals surface area (Å²) in [6, 6.07) is 9.38. The molecule has 0 unspecified atom stereocenters. The van der Waals surface area contributed by atoms with E-state index in [0.717, 1.165) is 6.07 Å². The molecular weight excluding hydrogens is 502 g/mol. The van der Waals surface area contributed by atoms with Gasteiger partial charge in [0.25, 0.3) is 6.17 Å². The van der Waals surface area contributed by atoms with Crippen molar-refractivity contribution < 1.29 is 28.7 Å². The van der Waals surface area contributed by atoms with Crippen molar-refractivity contribution in [3.05, 3.63) is 62.4 Å². The van der Waals surface area contributed by atoms with E-state index >= 15 is 0 Å². The van der Waals surface area contributed by atoms with Gasteiger partial charge in [0.05, 0.1) is 34.9 Å². The summed E-state index contributed by atoms with van der Waals surface area (Å²) >= 11 is 1.17. The lowest BCUT2D eigenvalue weighted by atomic mass is 9.99. The minimum absolute atomic E-state index is 0.0496. The number of aromatic amines is 1. The predicted molar refractivity (Wildman–Crippen MR) is 134 cm³/mol. The van der Waals surface area contributed by atoms with Gasteiger partial charge in [-0.05, 0) is 29.1 Å². The third kappa shape index (κ3) is 4.53. The standard InChI is InChI=1S/C24H23N5O7S/c1-5-18(30)27-16-10-8-7-9-14(16)20-22(32)25-24(37-4)26-28(20)23(27)15-11-13(35-3)12-17(29(33)34)21(15)36-19(31)6-2/h7-12,23H,5-6H2,1-4H3/p+1/t23-/m1/s1. The third-order valence-electron chi connectivity index (χ3n) is 5.81. The molecule has 0 saturated heterocycles. The van der Waals surface area contributed by atoms with Crippen LogP contribution in [-0.4, -0.2) is 40.2 Å². The molecule has 1 N–H and O–H groups in total. The predicted octanol–water partition coefficient (Wildman–Crippen LogP) is 2.98. The molecule has 3 aromatic rings. The number of H-pyrrole nitrogens is 1. The van der Waals surface area contributed by atoms with E-state index in [1.807, 2.05) is 0 Å². The van der Waals surface area contributed by atoms with Crippen molar-refractivity contribution in [2.75, 3.05) is 18.3 Å². The first-order valence-electron chi connectivity index (χ1n) is 11.3. The highest BCUT2D eigenvalue weighted by atomic mass is 32.2. The van der Waals surface area contributed by atoms with E-state index in [9.17, 15) is 24.5 Å². The molecular formula is C24H24N5O7S+. The van der Waals surface area contributed by atoms with Crippen LogP contribution in [0.4, 0.5) is 11.4 Å². The Labute approximate surface area is 215 Å². The molecule has 0 fully saturated rings. The fourth-order valence-electron chi connectivity index (χ4n) is 4.14. The van der Waals surface area contributed by atoms with Gasteiger partial charge in [0.15, 0.2) is 0 Å². The summed E-state index contributed by atoms with van der Waals surface area (Å²) in [4.78, 5) is 54.6. The SMILES string of the molecule is CCC(=O)Oc1c([C@@H]2N(C(=O)CC)c3ccccc3-c3c(=O)[nH]c(SC)n[n+]32)cc(OC)cc1[N+](=O)[O-].